The van der Waals surface area contributed by atoms with E-state index in [9.17, 15) is 44.4 Å². The van der Waals surface area contributed by atoms with Crippen LogP contribution in [0.2, 0.25) is 0 Å². The Morgan fingerprint density at radius 3 is 2.52 bits per heavy atom. The number of likely N-dealkylation sites (tertiary alicyclic amines) is 1. The molecule has 2 aromatic rings. The molecule has 2 atom stereocenters. The number of nitrogen functional groups attached to an aromatic ring is 1. The number of fused-ring (bicyclic) bond motifs is 1. The van der Waals surface area contributed by atoms with Crippen molar-refractivity contribution in [3.05, 3.63) is 46.1 Å². The second-order valence-corrected chi connectivity index (χ2v) is 15.0. The van der Waals surface area contributed by atoms with E-state index in [0.717, 1.165) is 43.7 Å². The molecule has 0 radical (unpaired) electrons. The average molecular weight is 731 g/mol. The third-order valence-corrected chi connectivity index (χ3v) is 11.1. The van der Waals surface area contributed by atoms with Gasteiger partial charge in [-0.2, -0.15) is 0 Å². The van der Waals surface area contributed by atoms with Crippen molar-refractivity contribution in [1.29, 1.82) is 0 Å². The number of piperidine rings is 1. The number of nitrogens with zero attached hydrogens (tertiary/aromatic N) is 4. The summed E-state index contributed by atoms with van der Waals surface area (Å²) < 4.78 is 0.492. The van der Waals surface area contributed by atoms with E-state index >= 15 is 0 Å². The Balaban J connectivity index is 1.30. The molecule has 0 aliphatic carbocycles. The van der Waals surface area contributed by atoms with Crippen LogP contribution in [0.15, 0.2) is 40.0 Å². The first kappa shape index (κ1) is 36.6. The lowest BCUT2D eigenvalue weighted by Crippen LogP contribution is -2.64. The summed E-state index contributed by atoms with van der Waals surface area (Å²) >= 11 is 2.38. The number of carboxylic acids is 2. The Hall–Kier alpha value is -4.68. The summed E-state index contributed by atoms with van der Waals surface area (Å²) in [6, 6.07) is 3.79. The number of oxime groups is 1. The number of aliphatic carboxylic acids is 2. The summed E-state index contributed by atoms with van der Waals surface area (Å²) in [6.45, 7) is 5.06. The predicted octanol–water partition coefficient (Wildman–Crippen LogP) is 0.646. The third-order valence-electron chi connectivity index (χ3n) is 9.07. The largest absolute Gasteiger partial charge is 0.543 e. The molecular formula is C32H38N6O10S2. The number of carboxylic acid groups (broad SMARTS) is 2. The number of phenols is 2. The molecule has 268 valence electrons. The van der Waals surface area contributed by atoms with Crippen LogP contribution >= 0.6 is 23.1 Å². The number of phenolic OH excluding ortho intramolecular Hbond substituents is 2. The maximum atomic E-state index is 13.5. The summed E-state index contributed by atoms with van der Waals surface area (Å²) in [5, 5.41) is 48.9. The van der Waals surface area contributed by atoms with E-state index in [1.807, 2.05) is 0 Å². The van der Waals surface area contributed by atoms with E-state index in [-0.39, 0.29) is 52.3 Å². The Bertz CT molecular complexity index is 1770. The molecule has 6 N–H and O–H groups in total. The number of hydrogen-bond acceptors (Lipinski definition) is 14. The van der Waals surface area contributed by atoms with Crippen LogP contribution in [0.25, 0.3) is 0 Å². The van der Waals surface area contributed by atoms with Crippen LogP contribution < -0.4 is 16.2 Å². The Labute approximate surface area is 295 Å². The van der Waals surface area contributed by atoms with E-state index in [0.29, 0.717) is 23.1 Å². The molecule has 1 aromatic heterocycles. The maximum absolute atomic E-state index is 13.5. The van der Waals surface area contributed by atoms with Crippen LogP contribution in [0.5, 0.6) is 11.5 Å². The number of anilines is 1. The van der Waals surface area contributed by atoms with Gasteiger partial charge in [-0.15, -0.1) is 23.1 Å². The highest BCUT2D eigenvalue weighted by molar-refractivity contribution is 8.00. The van der Waals surface area contributed by atoms with Crippen LogP contribution in [0, 0.1) is 5.92 Å². The number of aromatic nitrogens is 1. The number of carbonyl (C=O) groups excluding carboxylic acids is 4. The zero-order chi connectivity index (χ0) is 36.4. The van der Waals surface area contributed by atoms with Gasteiger partial charge in [0.05, 0.1) is 49.1 Å². The van der Waals surface area contributed by atoms with Gasteiger partial charge in [0.2, 0.25) is 11.5 Å². The maximum Gasteiger partial charge on any atom is 0.350 e. The number of Topliss-reactive ketones (excluding diaryl/α,β-unsaturated/α-hetero) is 1. The van der Waals surface area contributed by atoms with Crippen molar-refractivity contribution in [2.45, 2.75) is 50.5 Å². The van der Waals surface area contributed by atoms with Crippen molar-refractivity contribution < 1.29 is 53.7 Å². The van der Waals surface area contributed by atoms with Gasteiger partial charge in [-0.25, -0.2) is 9.78 Å². The van der Waals surface area contributed by atoms with Crippen LogP contribution in [0.4, 0.5) is 5.13 Å². The van der Waals surface area contributed by atoms with Crippen LogP contribution in [-0.4, -0.2) is 114 Å². The number of benzene rings is 1. The first-order valence-corrected chi connectivity index (χ1v) is 17.8. The molecular weight excluding hydrogens is 693 g/mol. The standard InChI is InChI=1S/C32H38N6O10S2/c1-32(2,30(46)47)48-36-24(20-16-50-31(33)35-20)23(41)13-19-27(43)37-25(29(44)45)18(15-49-28(19)37)14-38(9-4-3-5-10-38)11-8-34-26(42)17-6-7-21(39)22(40)12-17/h6-7,12,16,19,28H,3-5,8-11,13-15H2,1-2H3,(H6-,33,34,35,36,39,40,41,42,44,45,46,47)/t19-,28-/m1/s1. The van der Waals surface area contributed by atoms with Crippen LogP contribution in [0.3, 0.4) is 0 Å². The molecule has 1 aromatic carbocycles. The molecule has 0 bridgehead atoms. The summed E-state index contributed by atoms with van der Waals surface area (Å²) in [4.78, 5) is 74.3. The lowest BCUT2D eigenvalue weighted by molar-refractivity contribution is -0.927. The number of rotatable bonds is 14. The van der Waals surface area contributed by atoms with Crippen LogP contribution in [-0.2, 0) is 24.0 Å². The highest BCUT2D eigenvalue weighted by Gasteiger charge is 2.53. The fourth-order valence-electron chi connectivity index (χ4n) is 6.28. The van der Waals surface area contributed by atoms with Gasteiger partial charge in [0, 0.05) is 28.7 Å². The molecule has 2 fully saturated rings. The number of nitrogens with one attached hydrogen (secondary N) is 1. The quantitative estimate of drug-likeness (QED) is 0.0590. The minimum Gasteiger partial charge on any atom is -0.543 e. The number of hydrogen-bond donors (Lipinski definition) is 5. The van der Waals surface area contributed by atoms with E-state index in [1.165, 1.54) is 54.1 Å². The molecule has 0 saturated carbocycles. The fourth-order valence-corrected chi connectivity index (χ4v) is 8.23. The van der Waals surface area contributed by atoms with Gasteiger partial charge in [0.15, 0.2) is 28.1 Å². The number of aromatic hydroxyl groups is 2. The van der Waals surface area contributed by atoms with E-state index in [4.69, 9.17) is 10.6 Å². The van der Waals surface area contributed by atoms with Crippen molar-refractivity contribution in [3.8, 4) is 11.5 Å². The van der Waals surface area contributed by atoms with Gasteiger partial charge < -0.3 is 45.6 Å². The molecule has 3 aliphatic heterocycles. The number of ketones is 1. The lowest BCUT2D eigenvalue weighted by Gasteiger charge is -2.52. The Morgan fingerprint density at radius 2 is 1.90 bits per heavy atom. The van der Waals surface area contributed by atoms with E-state index in [2.05, 4.69) is 15.5 Å². The normalized spacial score (nSPS) is 20.5. The average Bonchev–Trinajstić information content (AvgIpc) is 3.50. The van der Waals surface area contributed by atoms with E-state index < -0.39 is 52.2 Å². The molecule has 2 saturated heterocycles. The zero-order valence-corrected chi connectivity index (χ0v) is 29.1. The minimum atomic E-state index is -1.77. The number of thiazole rings is 1. The van der Waals surface area contributed by atoms with Gasteiger partial charge in [-0.3, -0.25) is 19.3 Å². The van der Waals surface area contributed by atoms with Crippen molar-refractivity contribution >= 4 is 63.5 Å². The molecule has 0 spiro atoms. The molecule has 18 heteroatoms. The second-order valence-electron chi connectivity index (χ2n) is 13.0. The van der Waals surface area contributed by atoms with E-state index in [1.54, 1.807) is 0 Å². The van der Waals surface area contributed by atoms with Crippen LogP contribution in [0.1, 0.15) is 55.6 Å². The minimum absolute atomic E-state index is 0.0594. The SMILES string of the molecule is CC(C)(O/N=C(\C(=O)C[C@@H]1C(=O)N2C(C(=O)[O-])=C(C[N+]3(CCNC(=O)c4ccc(O)c(O)c4)CCCCC3)CS[C@H]12)c1csc(N)n1)C(=O)O. The van der Waals surface area contributed by atoms with Gasteiger partial charge in [-0.05, 0) is 51.3 Å². The van der Waals surface area contributed by atoms with Crippen molar-refractivity contribution in [1.82, 2.24) is 15.2 Å². The molecule has 16 nitrogen and oxygen atoms in total. The second kappa shape index (κ2) is 14.7. The fraction of sp³-hybridized carbons (Fsp3) is 0.469. The zero-order valence-electron chi connectivity index (χ0n) is 27.4. The molecule has 0 unspecified atom stereocenters. The number of quaternary nitrogens is 1. The highest BCUT2D eigenvalue weighted by atomic mass is 32.2. The predicted molar refractivity (Wildman–Crippen MR) is 180 cm³/mol. The molecule has 50 heavy (non-hydrogen) atoms. The molecule has 5 rings (SSSR count). The smallest absolute Gasteiger partial charge is 0.350 e. The van der Waals surface area contributed by atoms with Gasteiger partial charge >= 0.3 is 5.97 Å². The number of thioether (sulfide) groups is 1. The van der Waals surface area contributed by atoms with Crippen molar-refractivity contribution in [3.63, 3.8) is 0 Å². The molecule has 4 heterocycles. The monoisotopic (exact) mass is 730 g/mol. The molecule has 3 aliphatic rings. The lowest BCUT2D eigenvalue weighted by atomic mass is 9.89. The van der Waals surface area contributed by atoms with Gasteiger partial charge in [-0.1, -0.05) is 5.16 Å². The summed E-state index contributed by atoms with van der Waals surface area (Å²) in [6.07, 6.45) is 2.46. The first-order chi connectivity index (χ1) is 23.6. The number of nitrogens with two attached hydrogens (primary N) is 1. The molecule has 2 amide bonds. The third kappa shape index (κ3) is 7.71. The first-order valence-electron chi connectivity index (χ1n) is 15.9. The number of β-lactam (4-membered cyclic amide) rings is 1. The summed E-state index contributed by atoms with van der Waals surface area (Å²) in [7, 11) is 0. The Morgan fingerprint density at radius 1 is 1.18 bits per heavy atom. The van der Waals surface area contributed by atoms with Crippen molar-refractivity contribution in [2.24, 2.45) is 11.1 Å². The van der Waals surface area contributed by atoms with Crippen molar-refractivity contribution in [2.75, 3.05) is 44.2 Å². The van der Waals surface area contributed by atoms with Gasteiger partial charge in [0.1, 0.15) is 12.2 Å². The topological polar surface area (TPSA) is 245 Å². The Kier molecular flexibility index (Phi) is 10.7. The summed E-state index contributed by atoms with van der Waals surface area (Å²) in [5.74, 6) is -5.82. The highest BCUT2D eigenvalue weighted by Crippen LogP contribution is 2.46. The van der Waals surface area contributed by atoms with Gasteiger partial charge in [0.25, 0.3) is 5.91 Å². The number of carbonyl (C=O) groups is 5. The summed E-state index contributed by atoms with van der Waals surface area (Å²) in [5.41, 5.74) is 4.23. The number of amides is 2.